The molecule has 11 heteroatoms. The maximum absolute atomic E-state index is 8.12. The Morgan fingerprint density at radius 1 is 0.215 bits per heavy atom. The molecule has 0 radical (unpaired) electrons. The first-order valence-corrected chi connectivity index (χ1v) is 52.5. The standard InChI is InChI=1S/C68H150O5Si6/c1-14-19-24-29-34-39-44-49-54-59-64-74(6)69-76(10,65-60-55-50-45-40-35-30-25-20-15-2)71-78(12,67-62-57-52-47-42-37-32-27-22-17-4)73-79(13,68-63-58-53-48-43-38-33-28-23-18-5)72-77(11,70-75(7,8)9)66-61-56-51-46-41-36-31-26-21-16-3/h74H,14-68H2,1-13H3. The average Bonchev–Trinajstić information content (AvgIpc) is 3.45. The van der Waals surface area contributed by atoms with Crippen LogP contribution in [0, 0.1) is 0 Å². The molecule has 79 heavy (non-hydrogen) atoms. The van der Waals surface area contributed by atoms with Gasteiger partial charge in [-0.25, -0.2) is 0 Å². The van der Waals surface area contributed by atoms with Crippen LogP contribution in [0.4, 0.5) is 0 Å². The van der Waals surface area contributed by atoms with E-state index < -0.39 is 51.6 Å². The zero-order valence-corrected chi connectivity index (χ0v) is 63.2. The van der Waals surface area contributed by atoms with Crippen molar-refractivity contribution in [2.45, 2.75) is 438 Å². The van der Waals surface area contributed by atoms with E-state index in [1.807, 2.05) is 0 Å². The van der Waals surface area contributed by atoms with Gasteiger partial charge in [-0.3, -0.25) is 0 Å². The topological polar surface area (TPSA) is 46.2 Å². The molecule has 0 amide bonds. The molecule has 0 aliphatic heterocycles. The Labute approximate surface area is 507 Å². The highest BCUT2D eigenvalue weighted by atomic mass is 28.5. The molecule has 0 aromatic carbocycles. The SMILES string of the molecule is CCCCCCCCCCCC[SiH](C)O[Si](C)(CCCCCCCCCCCC)O[Si](C)(CCCCCCCCCCCC)O[Si](C)(CCCCCCCCCCCC)O[Si](C)(CCCCCCCCCCCC)O[Si](C)(C)C. The van der Waals surface area contributed by atoms with Crippen molar-refractivity contribution in [3.05, 3.63) is 0 Å². The lowest BCUT2D eigenvalue weighted by Crippen LogP contribution is -2.62. The summed E-state index contributed by atoms with van der Waals surface area (Å²) in [5.74, 6) is 0. The van der Waals surface area contributed by atoms with Gasteiger partial charge in [0.2, 0.25) is 0 Å². The van der Waals surface area contributed by atoms with E-state index >= 15 is 0 Å². The quantitative estimate of drug-likeness (QED) is 0.0449. The Hall–Kier alpha value is 1.10. The van der Waals surface area contributed by atoms with Gasteiger partial charge < -0.3 is 20.6 Å². The second-order valence-corrected chi connectivity index (χ2v) is 49.4. The number of hydrogen-bond acceptors (Lipinski definition) is 5. The van der Waals surface area contributed by atoms with Gasteiger partial charge in [-0.2, -0.15) is 0 Å². The molecule has 0 bridgehead atoms. The second kappa shape index (κ2) is 54.5. The first-order valence-electron chi connectivity index (χ1n) is 36.5. The third kappa shape index (κ3) is 53.1. The second-order valence-electron chi connectivity index (χ2n) is 27.7. The van der Waals surface area contributed by atoms with Crippen LogP contribution in [0.3, 0.4) is 0 Å². The molecule has 0 rings (SSSR count). The Morgan fingerprint density at radius 2 is 0.392 bits per heavy atom. The third-order valence-electron chi connectivity index (χ3n) is 17.2. The molecule has 0 fully saturated rings. The van der Waals surface area contributed by atoms with Crippen molar-refractivity contribution in [1.29, 1.82) is 0 Å². The monoisotopic (exact) mass is 1220 g/mol. The zero-order valence-electron chi connectivity index (χ0n) is 57.0. The summed E-state index contributed by atoms with van der Waals surface area (Å²) < 4.78 is 39.2. The minimum absolute atomic E-state index is 1.06. The molecule has 476 valence electrons. The first kappa shape index (κ1) is 80.1. The molecule has 5 nitrogen and oxygen atoms in total. The highest BCUT2D eigenvalue weighted by Crippen LogP contribution is 2.37. The van der Waals surface area contributed by atoms with Crippen molar-refractivity contribution in [2.24, 2.45) is 0 Å². The maximum atomic E-state index is 8.12. The Morgan fingerprint density at radius 3 is 0.620 bits per heavy atom. The van der Waals surface area contributed by atoms with Crippen LogP contribution < -0.4 is 0 Å². The average molecular weight is 1220 g/mol. The van der Waals surface area contributed by atoms with Crippen LogP contribution in [-0.4, -0.2) is 51.6 Å². The fourth-order valence-electron chi connectivity index (χ4n) is 12.7. The molecule has 5 atom stereocenters. The number of hydrogen-bond donors (Lipinski definition) is 0. The molecule has 0 N–H and O–H groups in total. The van der Waals surface area contributed by atoms with Crippen molar-refractivity contribution in [3.63, 3.8) is 0 Å². The van der Waals surface area contributed by atoms with Gasteiger partial charge in [0.05, 0.1) is 0 Å². The van der Waals surface area contributed by atoms with E-state index in [1.165, 1.54) is 327 Å². The summed E-state index contributed by atoms with van der Waals surface area (Å²) in [6, 6.07) is 5.61. The van der Waals surface area contributed by atoms with Crippen LogP contribution in [0.2, 0.25) is 82.6 Å². The van der Waals surface area contributed by atoms with Gasteiger partial charge in [0, 0.05) is 0 Å². The highest BCUT2D eigenvalue weighted by molar-refractivity contribution is 6.91. The molecule has 0 aromatic heterocycles. The van der Waals surface area contributed by atoms with Crippen molar-refractivity contribution < 1.29 is 20.6 Å². The predicted molar refractivity (Wildman–Crippen MR) is 372 cm³/mol. The lowest BCUT2D eigenvalue weighted by Gasteiger charge is -2.46. The summed E-state index contributed by atoms with van der Waals surface area (Å²) in [7, 11) is -14.1. The molecule has 0 aromatic rings. The van der Waals surface area contributed by atoms with E-state index in [0.717, 1.165) is 24.2 Å². The Balaban J connectivity index is 6.77. The molecule has 5 unspecified atom stereocenters. The van der Waals surface area contributed by atoms with Gasteiger partial charge in [-0.15, -0.1) is 0 Å². The van der Waals surface area contributed by atoms with Crippen molar-refractivity contribution >= 4 is 51.6 Å². The summed E-state index contributed by atoms with van der Waals surface area (Å²) in [4.78, 5) is 0. The van der Waals surface area contributed by atoms with Crippen LogP contribution in [-0.2, 0) is 20.6 Å². The van der Waals surface area contributed by atoms with Gasteiger partial charge in [0.25, 0.3) is 0 Å². The molecular formula is C68H150O5Si6. The summed E-state index contributed by atoms with van der Waals surface area (Å²) in [5.41, 5.74) is 0. The molecule has 0 saturated heterocycles. The molecule has 0 spiro atoms. The Bertz CT molecular complexity index is 1260. The van der Waals surface area contributed by atoms with Crippen LogP contribution in [0.15, 0.2) is 0 Å². The van der Waals surface area contributed by atoms with Gasteiger partial charge in [0.1, 0.15) is 0 Å². The Kier molecular flexibility index (Phi) is 55.2. The van der Waals surface area contributed by atoms with E-state index in [1.54, 1.807) is 0 Å². The molecule has 0 aliphatic carbocycles. The van der Waals surface area contributed by atoms with E-state index in [-0.39, 0.29) is 0 Å². The van der Waals surface area contributed by atoms with Gasteiger partial charge >= 0.3 is 34.2 Å². The lowest BCUT2D eigenvalue weighted by atomic mass is 10.1. The van der Waals surface area contributed by atoms with Crippen molar-refractivity contribution in [1.82, 2.24) is 0 Å². The van der Waals surface area contributed by atoms with Gasteiger partial charge in [-0.05, 0) is 82.6 Å². The molecule has 0 heterocycles. The summed E-state index contributed by atoms with van der Waals surface area (Å²) in [5, 5.41) is 0. The van der Waals surface area contributed by atoms with Gasteiger partial charge in [-0.1, -0.05) is 356 Å². The van der Waals surface area contributed by atoms with Crippen LogP contribution in [0.5, 0.6) is 0 Å². The summed E-state index contributed by atoms with van der Waals surface area (Å²) >= 11 is 0. The maximum Gasteiger partial charge on any atom is 0.317 e. The zero-order chi connectivity index (χ0) is 58.5. The van der Waals surface area contributed by atoms with E-state index in [0.29, 0.717) is 0 Å². The van der Waals surface area contributed by atoms with Crippen LogP contribution >= 0.6 is 0 Å². The van der Waals surface area contributed by atoms with E-state index in [4.69, 9.17) is 20.6 Å². The smallest absolute Gasteiger partial charge is 0.317 e. The predicted octanol–water partition coefficient (Wildman–Crippen LogP) is 26.2. The normalized spacial score (nSPS) is 15.8. The molecule has 0 aliphatic rings. The third-order valence-corrected chi connectivity index (χ3v) is 41.6. The largest absolute Gasteiger partial charge is 0.439 e. The van der Waals surface area contributed by atoms with E-state index in [9.17, 15) is 0 Å². The molecule has 0 saturated carbocycles. The number of unbranched alkanes of at least 4 members (excludes halogenated alkanes) is 45. The highest BCUT2D eigenvalue weighted by Gasteiger charge is 2.51. The first-order chi connectivity index (χ1) is 38.0. The fraction of sp³-hybridized carbons (Fsp3) is 1.00. The van der Waals surface area contributed by atoms with Gasteiger partial charge in [0.15, 0.2) is 17.4 Å². The summed E-state index contributed by atoms with van der Waals surface area (Å²) in [6.07, 6.45) is 68.2. The lowest BCUT2D eigenvalue weighted by molar-refractivity contribution is 0.264. The van der Waals surface area contributed by atoms with Crippen molar-refractivity contribution in [3.8, 4) is 0 Å². The van der Waals surface area contributed by atoms with Crippen molar-refractivity contribution in [2.75, 3.05) is 0 Å². The minimum Gasteiger partial charge on any atom is -0.439 e. The fourth-order valence-corrected chi connectivity index (χ4v) is 42.7. The van der Waals surface area contributed by atoms with Crippen LogP contribution in [0.25, 0.3) is 0 Å². The van der Waals surface area contributed by atoms with E-state index in [2.05, 4.69) is 87.0 Å². The minimum atomic E-state index is -2.79. The summed E-state index contributed by atoms with van der Waals surface area (Å²) in [6.45, 7) is 31.3. The van der Waals surface area contributed by atoms with Crippen LogP contribution in [0.1, 0.15) is 356 Å². The molecular weight excluding hydrogens is 1070 g/mol. The number of rotatable bonds is 65.